The van der Waals surface area contributed by atoms with Crippen LogP contribution < -0.4 is 5.32 Å². The van der Waals surface area contributed by atoms with Gasteiger partial charge in [-0.2, -0.15) is 4.31 Å². The number of sulfone groups is 1. The maximum atomic E-state index is 13.0. The van der Waals surface area contributed by atoms with Crippen molar-refractivity contribution in [2.45, 2.75) is 16.7 Å². The third kappa shape index (κ3) is 4.67. The van der Waals surface area contributed by atoms with Crippen LogP contribution in [-0.2, 0) is 24.6 Å². The summed E-state index contributed by atoms with van der Waals surface area (Å²) in [6.07, 6.45) is 1.05. The van der Waals surface area contributed by atoms with Crippen molar-refractivity contribution >= 4 is 31.5 Å². The van der Waals surface area contributed by atoms with Crippen molar-refractivity contribution in [2.75, 3.05) is 37.9 Å². The number of anilines is 1. The van der Waals surface area contributed by atoms with Crippen molar-refractivity contribution in [1.82, 2.24) is 4.31 Å². The molecule has 1 aliphatic rings. The van der Waals surface area contributed by atoms with Gasteiger partial charge in [0.2, 0.25) is 10.0 Å². The van der Waals surface area contributed by atoms with Crippen molar-refractivity contribution in [2.24, 2.45) is 0 Å². The van der Waals surface area contributed by atoms with Gasteiger partial charge in [0.25, 0.3) is 5.91 Å². The van der Waals surface area contributed by atoms with Crippen molar-refractivity contribution in [3.05, 3.63) is 53.6 Å². The van der Waals surface area contributed by atoms with Crippen molar-refractivity contribution < 1.29 is 26.4 Å². The Kier molecular flexibility index (Phi) is 6.08. The Bertz CT molecular complexity index is 1140. The molecule has 29 heavy (non-hydrogen) atoms. The molecule has 1 amide bonds. The lowest BCUT2D eigenvalue weighted by atomic mass is 10.1. The topological polar surface area (TPSA) is 110 Å². The van der Waals surface area contributed by atoms with E-state index < -0.39 is 25.8 Å². The molecule has 1 saturated heterocycles. The molecule has 3 rings (SSSR count). The van der Waals surface area contributed by atoms with Gasteiger partial charge in [-0.3, -0.25) is 4.79 Å². The highest BCUT2D eigenvalue weighted by Crippen LogP contribution is 2.24. The van der Waals surface area contributed by atoms with Gasteiger partial charge in [-0.15, -0.1) is 0 Å². The van der Waals surface area contributed by atoms with Gasteiger partial charge in [0.15, 0.2) is 9.84 Å². The van der Waals surface area contributed by atoms with E-state index in [0.29, 0.717) is 18.8 Å². The molecule has 0 radical (unpaired) electrons. The number of para-hydroxylation sites is 1. The first kappa shape index (κ1) is 21.4. The zero-order chi connectivity index (χ0) is 21.2. The number of nitrogens with zero attached hydrogens (tertiary/aromatic N) is 1. The van der Waals surface area contributed by atoms with Crippen molar-refractivity contribution in [1.29, 1.82) is 0 Å². The van der Waals surface area contributed by atoms with Crippen molar-refractivity contribution in [3.8, 4) is 0 Å². The molecule has 1 N–H and O–H groups in total. The summed E-state index contributed by atoms with van der Waals surface area (Å²) in [5, 5.41) is 2.56. The molecule has 0 unspecified atom stereocenters. The first-order chi connectivity index (χ1) is 13.6. The van der Waals surface area contributed by atoms with Crippen LogP contribution in [0.4, 0.5) is 5.69 Å². The van der Waals surface area contributed by atoms with Gasteiger partial charge >= 0.3 is 0 Å². The fourth-order valence-electron chi connectivity index (χ4n) is 3.03. The van der Waals surface area contributed by atoms with Gasteiger partial charge in [-0.1, -0.05) is 18.2 Å². The molecule has 1 heterocycles. The van der Waals surface area contributed by atoms with Crippen LogP contribution in [0.15, 0.2) is 52.3 Å². The number of nitrogens with one attached hydrogen (secondary N) is 1. The van der Waals surface area contributed by atoms with Gasteiger partial charge < -0.3 is 10.1 Å². The van der Waals surface area contributed by atoms with E-state index in [1.807, 2.05) is 0 Å². The second-order valence-electron chi connectivity index (χ2n) is 6.72. The second kappa shape index (κ2) is 8.23. The third-order valence-corrected chi connectivity index (χ3v) is 7.77. The van der Waals surface area contributed by atoms with Gasteiger partial charge in [0.1, 0.15) is 0 Å². The average Bonchev–Trinajstić information content (AvgIpc) is 2.68. The second-order valence-corrected chi connectivity index (χ2v) is 10.6. The molecular formula is C19H22N2O6S2. The van der Waals surface area contributed by atoms with Crippen LogP contribution in [0.3, 0.4) is 0 Å². The maximum absolute atomic E-state index is 13.0. The van der Waals surface area contributed by atoms with Gasteiger partial charge in [-0.05, 0) is 36.8 Å². The number of amides is 1. The summed E-state index contributed by atoms with van der Waals surface area (Å²) < 4.78 is 56.4. The van der Waals surface area contributed by atoms with Crippen LogP contribution in [0.5, 0.6) is 0 Å². The lowest BCUT2D eigenvalue weighted by Gasteiger charge is -2.26. The monoisotopic (exact) mass is 438 g/mol. The minimum Gasteiger partial charge on any atom is -0.379 e. The number of carbonyl (C=O) groups excluding carboxylic acids is 1. The summed E-state index contributed by atoms with van der Waals surface area (Å²) in [4.78, 5) is 12.8. The summed E-state index contributed by atoms with van der Waals surface area (Å²) >= 11 is 0. The Morgan fingerprint density at radius 3 is 2.31 bits per heavy atom. The molecule has 0 aromatic heterocycles. The molecule has 2 aromatic carbocycles. The number of benzene rings is 2. The highest BCUT2D eigenvalue weighted by atomic mass is 32.2. The molecule has 1 fully saturated rings. The predicted octanol–water partition coefficient (Wildman–Crippen LogP) is 1.67. The van der Waals surface area contributed by atoms with Crippen molar-refractivity contribution in [3.63, 3.8) is 0 Å². The molecule has 2 aromatic rings. The molecule has 0 saturated carbocycles. The molecule has 0 bridgehead atoms. The highest BCUT2D eigenvalue weighted by Gasteiger charge is 2.28. The molecule has 10 heteroatoms. The SMILES string of the molecule is Cc1ccc(C(=O)Nc2ccccc2S(C)(=O)=O)cc1S(=O)(=O)N1CCOCC1. The number of morpholine rings is 1. The molecule has 0 spiro atoms. The molecule has 156 valence electrons. The molecule has 0 aliphatic carbocycles. The van der Waals surface area contributed by atoms with E-state index in [9.17, 15) is 21.6 Å². The third-order valence-electron chi connectivity index (χ3n) is 4.57. The van der Waals surface area contributed by atoms with E-state index in [-0.39, 0.29) is 34.1 Å². The number of hydrogen-bond acceptors (Lipinski definition) is 6. The van der Waals surface area contributed by atoms with Gasteiger partial charge in [0, 0.05) is 24.9 Å². The number of ether oxygens (including phenoxy) is 1. The summed E-state index contributed by atoms with van der Waals surface area (Å²) in [6.45, 7) is 2.80. The zero-order valence-corrected chi connectivity index (χ0v) is 17.7. The van der Waals surface area contributed by atoms with Gasteiger partial charge in [-0.25, -0.2) is 16.8 Å². The first-order valence-electron chi connectivity index (χ1n) is 8.90. The quantitative estimate of drug-likeness (QED) is 0.760. The fourth-order valence-corrected chi connectivity index (χ4v) is 5.54. The minimum atomic E-state index is -3.78. The van der Waals surface area contributed by atoms with Crippen LogP contribution in [0.2, 0.25) is 0 Å². The zero-order valence-electron chi connectivity index (χ0n) is 16.1. The van der Waals surface area contributed by atoms with E-state index in [1.54, 1.807) is 25.1 Å². The lowest BCUT2D eigenvalue weighted by molar-refractivity contribution is 0.0730. The molecule has 1 aliphatic heterocycles. The normalized spacial score (nSPS) is 15.8. The standard InChI is InChI=1S/C19H22N2O6S2/c1-14-7-8-15(13-18(14)29(25,26)21-9-11-27-12-10-21)19(22)20-16-5-3-4-6-17(16)28(2,23)24/h3-8,13H,9-12H2,1-2H3,(H,20,22). The number of sulfonamides is 1. The van der Waals surface area contributed by atoms with E-state index in [1.165, 1.54) is 28.6 Å². The predicted molar refractivity (Wildman–Crippen MR) is 108 cm³/mol. The average molecular weight is 439 g/mol. The van der Waals surface area contributed by atoms with Crippen LogP contribution in [0, 0.1) is 6.92 Å². The minimum absolute atomic E-state index is 0.0124. The van der Waals surface area contributed by atoms with Crippen LogP contribution >= 0.6 is 0 Å². The number of rotatable bonds is 5. The number of aryl methyl sites for hydroxylation is 1. The summed E-state index contributed by atoms with van der Waals surface area (Å²) in [5.74, 6) is -0.598. The highest BCUT2D eigenvalue weighted by molar-refractivity contribution is 7.91. The maximum Gasteiger partial charge on any atom is 0.255 e. The molecule has 8 nitrogen and oxygen atoms in total. The Hall–Kier alpha value is -2.27. The van der Waals surface area contributed by atoms with Crippen LogP contribution in [0.25, 0.3) is 0 Å². The van der Waals surface area contributed by atoms with E-state index >= 15 is 0 Å². The van der Waals surface area contributed by atoms with Crippen LogP contribution in [-0.4, -0.2) is 59.6 Å². The number of carbonyl (C=O) groups is 1. The summed E-state index contributed by atoms with van der Waals surface area (Å²) in [7, 11) is -7.32. The Labute approximate surface area is 170 Å². The summed E-state index contributed by atoms with van der Waals surface area (Å²) in [5.41, 5.74) is 0.772. The van der Waals surface area contributed by atoms with E-state index in [0.717, 1.165) is 6.26 Å². The molecule has 0 atom stereocenters. The molecular weight excluding hydrogens is 416 g/mol. The largest absolute Gasteiger partial charge is 0.379 e. The van der Waals surface area contributed by atoms with Crippen LogP contribution in [0.1, 0.15) is 15.9 Å². The number of hydrogen-bond donors (Lipinski definition) is 1. The van der Waals surface area contributed by atoms with E-state index in [4.69, 9.17) is 4.74 Å². The smallest absolute Gasteiger partial charge is 0.255 e. The summed E-state index contributed by atoms with van der Waals surface area (Å²) in [6, 6.07) is 10.4. The Balaban J connectivity index is 1.93. The fraction of sp³-hybridized carbons (Fsp3) is 0.316. The lowest BCUT2D eigenvalue weighted by Crippen LogP contribution is -2.40. The van der Waals surface area contributed by atoms with E-state index in [2.05, 4.69) is 5.32 Å². The Morgan fingerprint density at radius 2 is 1.66 bits per heavy atom. The first-order valence-corrected chi connectivity index (χ1v) is 12.2. The van der Waals surface area contributed by atoms with Gasteiger partial charge in [0.05, 0.1) is 28.7 Å². The Morgan fingerprint density at radius 1 is 1.00 bits per heavy atom.